The minimum Gasteiger partial charge on any atom is -0.497 e. The predicted octanol–water partition coefficient (Wildman–Crippen LogP) is -0.190. The highest BCUT2D eigenvalue weighted by Crippen LogP contribution is 2.25. The molecule has 1 heterocycles. The third-order valence-electron chi connectivity index (χ3n) is 4.06. The van der Waals surface area contributed by atoms with Crippen LogP contribution in [0, 0.1) is 0 Å². The maximum absolute atomic E-state index is 11.5. The molecular formula is C17H25NO7. The number of nitrogens with one attached hydrogen (secondary N) is 1. The molecule has 1 saturated heterocycles. The lowest BCUT2D eigenvalue weighted by Gasteiger charge is -2.43. The van der Waals surface area contributed by atoms with E-state index in [-0.39, 0.29) is 12.5 Å². The first-order chi connectivity index (χ1) is 12.0. The summed E-state index contributed by atoms with van der Waals surface area (Å²) in [5, 5.41) is 22.5. The third-order valence-corrected chi connectivity index (χ3v) is 4.06. The Morgan fingerprint density at radius 3 is 2.48 bits per heavy atom. The Morgan fingerprint density at radius 1 is 1.28 bits per heavy atom. The molecule has 0 bridgehead atoms. The summed E-state index contributed by atoms with van der Waals surface area (Å²) in [5.41, 5.74) is 0.871. The number of ether oxygens (including phenoxy) is 4. The maximum atomic E-state index is 11.5. The quantitative estimate of drug-likeness (QED) is 0.622. The summed E-state index contributed by atoms with van der Waals surface area (Å²) in [5.74, 6) is 0.425. The molecule has 1 fully saturated rings. The summed E-state index contributed by atoms with van der Waals surface area (Å²) in [6.07, 6.45) is -3.63. The summed E-state index contributed by atoms with van der Waals surface area (Å²) < 4.78 is 21.7. The minimum atomic E-state index is -1.12. The van der Waals surface area contributed by atoms with Crippen molar-refractivity contribution in [3.05, 3.63) is 29.8 Å². The van der Waals surface area contributed by atoms with Gasteiger partial charge in [-0.2, -0.15) is 0 Å². The molecule has 1 aromatic rings. The van der Waals surface area contributed by atoms with Gasteiger partial charge in [0.1, 0.15) is 30.1 Å². The number of amides is 1. The largest absolute Gasteiger partial charge is 0.497 e. The lowest BCUT2D eigenvalue weighted by atomic mass is 9.96. The van der Waals surface area contributed by atoms with Gasteiger partial charge in [0, 0.05) is 14.0 Å². The van der Waals surface area contributed by atoms with Crippen molar-refractivity contribution >= 4 is 5.91 Å². The number of methoxy groups -OCH3 is 2. The van der Waals surface area contributed by atoms with Crippen molar-refractivity contribution in [2.45, 2.75) is 44.2 Å². The van der Waals surface area contributed by atoms with Gasteiger partial charge in [0.2, 0.25) is 5.91 Å². The monoisotopic (exact) mass is 355 g/mol. The number of benzene rings is 1. The van der Waals surface area contributed by atoms with E-state index in [0.29, 0.717) is 0 Å². The molecule has 0 radical (unpaired) electrons. The van der Waals surface area contributed by atoms with Gasteiger partial charge < -0.3 is 34.5 Å². The Morgan fingerprint density at radius 2 is 1.96 bits per heavy atom. The summed E-state index contributed by atoms with van der Waals surface area (Å²) in [7, 11) is 3.01. The second-order valence-electron chi connectivity index (χ2n) is 5.80. The van der Waals surface area contributed by atoms with Crippen LogP contribution >= 0.6 is 0 Å². The average molecular weight is 355 g/mol. The number of rotatable bonds is 7. The van der Waals surface area contributed by atoms with Gasteiger partial charge in [-0.15, -0.1) is 0 Å². The fourth-order valence-electron chi connectivity index (χ4n) is 2.77. The van der Waals surface area contributed by atoms with Crippen LogP contribution in [0.2, 0.25) is 0 Å². The topological polar surface area (TPSA) is 106 Å². The predicted molar refractivity (Wildman–Crippen MR) is 87.9 cm³/mol. The van der Waals surface area contributed by atoms with Gasteiger partial charge in [-0.3, -0.25) is 4.79 Å². The van der Waals surface area contributed by atoms with E-state index >= 15 is 0 Å². The lowest BCUT2D eigenvalue weighted by Crippen LogP contribution is -2.65. The van der Waals surface area contributed by atoms with Crippen molar-refractivity contribution in [1.29, 1.82) is 0 Å². The van der Waals surface area contributed by atoms with Gasteiger partial charge in [0.15, 0.2) is 6.29 Å². The van der Waals surface area contributed by atoms with Crippen molar-refractivity contribution < 1.29 is 34.0 Å². The van der Waals surface area contributed by atoms with E-state index in [1.807, 2.05) is 12.1 Å². The van der Waals surface area contributed by atoms with E-state index in [4.69, 9.17) is 18.9 Å². The summed E-state index contributed by atoms with van der Waals surface area (Å²) >= 11 is 0. The summed E-state index contributed by atoms with van der Waals surface area (Å²) in [6.45, 7) is 1.17. The van der Waals surface area contributed by atoms with Crippen molar-refractivity contribution in [2.75, 3.05) is 20.8 Å². The maximum Gasteiger partial charge on any atom is 0.217 e. The first-order valence-electron chi connectivity index (χ1n) is 7.99. The molecule has 1 aliphatic rings. The fourth-order valence-corrected chi connectivity index (χ4v) is 2.77. The van der Waals surface area contributed by atoms with Gasteiger partial charge in [0.25, 0.3) is 0 Å². The molecule has 1 amide bonds. The van der Waals surface area contributed by atoms with Crippen molar-refractivity contribution in [3.63, 3.8) is 0 Å². The molecule has 0 aliphatic carbocycles. The number of hydrogen-bond donors (Lipinski definition) is 3. The highest BCUT2D eigenvalue weighted by Gasteiger charge is 2.46. The van der Waals surface area contributed by atoms with E-state index in [1.165, 1.54) is 14.0 Å². The number of aliphatic hydroxyl groups excluding tert-OH is 2. The van der Waals surface area contributed by atoms with E-state index in [1.54, 1.807) is 19.2 Å². The lowest BCUT2D eigenvalue weighted by molar-refractivity contribution is -0.271. The number of hydrogen-bond acceptors (Lipinski definition) is 7. The Kier molecular flexibility index (Phi) is 7.15. The van der Waals surface area contributed by atoms with E-state index in [0.717, 1.165) is 11.3 Å². The van der Waals surface area contributed by atoms with Crippen LogP contribution in [0.15, 0.2) is 24.3 Å². The average Bonchev–Trinajstić information content (AvgIpc) is 2.61. The van der Waals surface area contributed by atoms with E-state index in [2.05, 4.69) is 5.32 Å². The van der Waals surface area contributed by atoms with Crippen molar-refractivity contribution in [1.82, 2.24) is 5.32 Å². The van der Waals surface area contributed by atoms with Crippen molar-refractivity contribution in [2.24, 2.45) is 0 Å². The molecule has 2 rings (SSSR count). The van der Waals surface area contributed by atoms with Gasteiger partial charge in [-0.1, -0.05) is 12.1 Å². The van der Waals surface area contributed by atoms with E-state index < -0.39 is 37.3 Å². The Hall–Kier alpha value is -1.71. The van der Waals surface area contributed by atoms with E-state index in [9.17, 15) is 15.0 Å². The number of carbonyl (C=O) groups is 1. The summed E-state index contributed by atoms with van der Waals surface area (Å²) in [6, 6.07) is 6.58. The molecule has 25 heavy (non-hydrogen) atoms. The molecule has 3 N–H and O–H groups in total. The first-order valence-corrected chi connectivity index (χ1v) is 7.99. The standard InChI is InChI=1S/C17H25NO7/c1-10(20)18-14-16(15(21)13(8-19)25-17(14)23-3)24-9-11-4-6-12(22-2)7-5-11/h4-7,13-17,19,21H,8-9H2,1-3H3,(H,18,20)/t13-,14-,15-,16-,17+/m1/s1. The van der Waals surface area contributed by atoms with Crippen LogP contribution in [0.5, 0.6) is 5.75 Å². The number of carbonyl (C=O) groups excluding carboxylic acids is 1. The van der Waals surface area contributed by atoms with Crippen LogP contribution in [0.3, 0.4) is 0 Å². The molecule has 0 saturated carbocycles. The third kappa shape index (κ3) is 4.90. The zero-order valence-corrected chi connectivity index (χ0v) is 14.5. The molecule has 8 heteroatoms. The second-order valence-corrected chi connectivity index (χ2v) is 5.80. The van der Waals surface area contributed by atoms with Gasteiger partial charge in [0.05, 0.1) is 20.3 Å². The van der Waals surface area contributed by atoms with Gasteiger partial charge in [-0.05, 0) is 17.7 Å². The second kappa shape index (κ2) is 9.12. The Bertz CT molecular complexity index is 550. The first kappa shape index (κ1) is 19.6. The fraction of sp³-hybridized carbons (Fsp3) is 0.588. The van der Waals surface area contributed by atoms with Crippen LogP contribution in [-0.2, 0) is 25.6 Å². The minimum absolute atomic E-state index is 0.205. The SMILES string of the molecule is COc1ccc(CO[C@H]2[C@H](O)[C@@H](CO)O[C@H](OC)[C@@H]2NC(C)=O)cc1. The molecule has 140 valence electrons. The normalized spacial score (nSPS) is 29.2. The van der Waals surface area contributed by atoms with Gasteiger partial charge in [-0.25, -0.2) is 0 Å². The molecule has 0 spiro atoms. The Balaban J connectivity index is 2.13. The highest BCUT2D eigenvalue weighted by molar-refractivity contribution is 5.73. The zero-order valence-electron chi connectivity index (χ0n) is 14.5. The Labute approximate surface area is 146 Å². The van der Waals surface area contributed by atoms with Crippen LogP contribution < -0.4 is 10.1 Å². The van der Waals surface area contributed by atoms with Crippen LogP contribution in [-0.4, -0.2) is 67.6 Å². The molecule has 8 nitrogen and oxygen atoms in total. The van der Waals surface area contributed by atoms with Crippen LogP contribution in [0.25, 0.3) is 0 Å². The molecule has 0 aromatic heterocycles. The van der Waals surface area contributed by atoms with Crippen LogP contribution in [0.4, 0.5) is 0 Å². The number of aliphatic hydroxyl groups is 2. The van der Waals surface area contributed by atoms with Crippen molar-refractivity contribution in [3.8, 4) is 5.75 Å². The smallest absolute Gasteiger partial charge is 0.217 e. The van der Waals surface area contributed by atoms with Crippen LogP contribution in [0.1, 0.15) is 12.5 Å². The van der Waals surface area contributed by atoms with Gasteiger partial charge >= 0.3 is 0 Å². The molecular weight excluding hydrogens is 330 g/mol. The molecule has 1 aromatic carbocycles. The molecule has 0 unspecified atom stereocenters. The highest BCUT2D eigenvalue weighted by atomic mass is 16.7. The summed E-state index contributed by atoms with van der Waals surface area (Å²) in [4.78, 5) is 11.5. The zero-order chi connectivity index (χ0) is 18.4. The molecule has 5 atom stereocenters. The molecule has 1 aliphatic heterocycles.